The molecule has 2 N–H and O–H groups in total. The van der Waals surface area contributed by atoms with Crippen LogP contribution < -0.4 is 15.4 Å². The van der Waals surface area contributed by atoms with Crippen LogP contribution in [0.15, 0.2) is 79.0 Å². The highest BCUT2D eigenvalue weighted by atomic mass is 32.1. The summed E-state index contributed by atoms with van der Waals surface area (Å²) in [5.74, 6) is 0.439. The van der Waals surface area contributed by atoms with E-state index in [1.54, 1.807) is 18.3 Å². The number of ether oxygens (including phenoxy) is 1. The fraction of sp³-hybridized carbons (Fsp3) is 0.267. The molecule has 206 valence electrons. The molecule has 2 aromatic heterocycles. The highest BCUT2D eigenvalue weighted by molar-refractivity contribution is 7.80. The number of hydrogen-bond donors (Lipinski definition) is 2. The van der Waals surface area contributed by atoms with Crippen molar-refractivity contribution in [2.45, 2.75) is 32.4 Å². The second-order valence-electron chi connectivity index (χ2n) is 9.74. The summed E-state index contributed by atoms with van der Waals surface area (Å²) in [5, 5.41) is 19.7. The maximum Gasteiger partial charge on any atom is 0.296 e. The van der Waals surface area contributed by atoms with E-state index in [1.807, 2.05) is 54.8 Å². The molecule has 2 atom stereocenters. The van der Waals surface area contributed by atoms with Gasteiger partial charge in [0.2, 0.25) is 0 Å². The van der Waals surface area contributed by atoms with Crippen molar-refractivity contribution in [2.24, 2.45) is 0 Å². The van der Waals surface area contributed by atoms with E-state index in [4.69, 9.17) is 17.0 Å². The summed E-state index contributed by atoms with van der Waals surface area (Å²) in [6.07, 6.45) is 2.65. The zero-order valence-electron chi connectivity index (χ0n) is 22.7. The predicted octanol–water partition coefficient (Wildman–Crippen LogP) is 5.88. The van der Waals surface area contributed by atoms with Crippen molar-refractivity contribution in [3.63, 3.8) is 0 Å². The predicted molar refractivity (Wildman–Crippen MR) is 160 cm³/mol. The number of aromatic nitrogens is 2. The van der Waals surface area contributed by atoms with Crippen LogP contribution in [-0.4, -0.2) is 44.7 Å². The summed E-state index contributed by atoms with van der Waals surface area (Å²) >= 11 is 5.85. The lowest BCUT2D eigenvalue weighted by Gasteiger charge is -2.28. The zero-order chi connectivity index (χ0) is 28.2. The van der Waals surface area contributed by atoms with Gasteiger partial charge in [0, 0.05) is 36.4 Å². The smallest absolute Gasteiger partial charge is 0.296 e. The van der Waals surface area contributed by atoms with Crippen molar-refractivity contribution in [3.05, 3.63) is 112 Å². The van der Waals surface area contributed by atoms with Crippen LogP contribution >= 0.6 is 12.2 Å². The number of thiocarbonyl (C=S) groups is 1. The van der Waals surface area contributed by atoms with E-state index in [0.717, 1.165) is 47.8 Å². The number of nitro groups is 1. The molecule has 1 aliphatic heterocycles. The van der Waals surface area contributed by atoms with E-state index in [0.29, 0.717) is 16.5 Å². The molecule has 1 aliphatic rings. The number of hydrogen-bond acceptors (Lipinski definition) is 6. The lowest BCUT2D eigenvalue weighted by atomic mass is 9.96. The lowest BCUT2D eigenvalue weighted by molar-refractivity contribution is -0.384. The molecule has 0 bridgehead atoms. The van der Waals surface area contributed by atoms with Crippen LogP contribution in [0.1, 0.15) is 41.1 Å². The van der Waals surface area contributed by atoms with Crippen LogP contribution in [-0.2, 0) is 0 Å². The fourth-order valence-electron chi connectivity index (χ4n) is 5.45. The molecule has 10 heteroatoms. The largest absolute Gasteiger partial charge is 0.496 e. The molecule has 0 spiro atoms. The first kappa shape index (κ1) is 27.1. The summed E-state index contributed by atoms with van der Waals surface area (Å²) < 4.78 is 7.20. The molecule has 3 heterocycles. The van der Waals surface area contributed by atoms with Crippen LogP contribution in [0.2, 0.25) is 0 Å². The van der Waals surface area contributed by atoms with Gasteiger partial charge in [0.15, 0.2) is 5.11 Å². The first-order valence-electron chi connectivity index (χ1n) is 13.2. The number of nitrogens with zero attached hydrogens (tertiary/aromatic N) is 4. The molecule has 0 unspecified atom stereocenters. The molecule has 0 aliphatic carbocycles. The highest BCUT2D eigenvalue weighted by Crippen LogP contribution is 2.42. The number of aryl methyl sites for hydroxylation is 1. The van der Waals surface area contributed by atoms with Crippen LogP contribution in [0.5, 0.6) is 5.75 Å². The third-order valence-electron chi connectivity index (χ3n) is 7.29. The summed E-state index contributed by atoms with van der Waals surface area (Å²) in [7, 11) is 1.50. The van der Waals surface area contributed by atoms with Crippen molar-refractivity contribution >= 4 is 28.7 Å². The average molecular weight is 557 g/mol. The highest BCUT2D eigenvalue weighted by Gasteiger charge is 2.41. The van der Waals surface area contributed by atoms with Gasteiger partial charge in [-0.25, -0.2) is 0 Å². The Labute approximate surface area is 239 Å². The number of nitrogens with one attached hydrogen (secondary N) is 2. The number of benzene rings is 2. The minimum absolute atomic E-state index is 0.0158. The van der Waals surface area contributed by atoms with Crippen molar-refractivity contribution in [1.29, 1.82) is 0 Å². The van der Waals surface area contributed by atoms with Gasteiger partial charge in [-0.1, -0.05) is 24.3 Å². The van der Waals surface area contributed by atoms with Crippen molar-refractivity contribution in [2.75, 3.05) is 25.5 Å². The third-order valence-corrected chi connectivity index (χ3v) is 7.64. The van der Waals surface area contributed by atoms with Crippen molar-refractivity contribution < 1.29 is 9.66 Å². The number of nitro benzene ring substituents is 1. The van der Waals surface area contributed by atoms with E-state index < -0.39 is 0 Å². The second-order valence-corrected chi connectivity index (χ2v) is 10.1. The topological polar surface area (TPSA) is 97.5 Å². The number of pyridine rings is 1. The van der Waals surface area contributed by atoms with E-state index in [1.165, 1.54) is 13.2 Å². The summed E-state index contributed by atoms with van der Waals surface area (Å²) in [6.45, 7) is 5.49. The Morgan fingerprint density at radius 3 is 2.58 bits per heavy atom. The standard InChI is InChI=1S/C30H32N6O3S/c1-20-18-24(21(2)35(20)26-14-13-23(39-3)19-27(26)36(37)38)29-28(25-12-7-8-15-32-25)33-30(40)34(29)17-9-16-31-22-10-5-4-6-11-22/h4-8,10-15,18-19,28-29,31H,9,16-17H2,1-3H3,(H,33,40)/t28-,29-/m1/s1. The number of methoxy groups -OCH3 is 1. The Hall–Kier alpha value is -4.44. The van der Waals surface area contributed by atoms with Gasteiger partial charge < -0.3 is 24.8 Å². The van der Waals surface area contributed by atoms with E-state index in [2.05, 4.69) is 38.7 Å². The van der Waals surface area contributed by atoms with E-state index in [9.17, 15) is 10.1 Å². The molecular formula is C30H32N6O3S. The molecule has 40 heavy (non-hydrogen) atoms. The fourth-order valence-corrected chi connectivity index (χ4v) is 5.78. The Morgan fingerprint density at radius 2 is 1.88 bits per heavy atom. The summed E-state index contributed by atoms with van der Waals surface area (Å²) in [6, 6.07) is 22.7. The SMILES string of the molecule is COc1ccc(-n2c(C)cc([C@@H]3[C@@H](c4ccccn4)NC(=S)N3CCCNc3ccccc3)c2C)c([N+](=O)[O-])c1. The van der Waals surface area contributed by atoms with Gasteiger partial charge in [-0.2, -0.15) is 0 Å². The van der Waals surface area contributed by atoms with Gasteiger partial charge in [-0.15, -0.1) is 0 Å². The molecule has 0 saturated carbocycles. The second kappa shape index (κ2) is 11.7. The summed E-state index contributed by atoms with van der Waals surface area (Å²) in [5.41, 5.74) is 5.30. The van der Waals surface area contributed by atoms with Crippen molar-refractivity contribution in [1.82, 2.24) is 19.8 Å². The van der Waals surface area contributed by atoms with Gasteiger partial charge in [0.05, 0.1) is 35.9 Å². The van der Waals surface area contributed by atoms with E-state index in [-0.39, 0.29) is 22.7 Å². The maximum absolute atomic E-state index is 12.0. The molecule has 4 aromatic rings. The van der Waals surface area contributed by atoms with Crippen LogP contribution in [0.3, 0.4) is 0 Å². The number of rotatable bonds is 10. The zero-order valence-corrected chi connectivity index (χ0v) is 23.5. The molecule has 2 aromatic carbocycles. The Bertz CT molecular complexity index is 1510. The van der Waals surface area contributed by atoms with Gasteiger partial charge in [-0.3, -0.25) is 15.1 Å². The Balaban J connectivity index is 1.50. The van der Waals surface area contributed by atoms with Crippen LogP contribution in [0, 0.1) is 24.0 Å². The van der Waals surface area contributed by atoms with Gasteiger partial charge in [0.1, 0.15) is 11.4 Å². The van der Waals surface area contributed by atoms with Crippen molar-refractivity contribution in [3.8, 4) is 11.4 Å². The molecule has 1 saturated heterocycles. The minimum atomic E-state index is -0.370. The molecule has 5 rings (SSSR count). The third kappa shape index (κ3) is 5.35. The summed E-state index contributed by atoms with van der Waals surface area (Å²) in [4.78, 5) is 18.5. The average Bonchev–Trinajstić information content (AvgIpc) is 3.45. The Kier molecular flexibility index (Phi) is 7.97. The lowest BCUT2D eigenvalue weighted by Crippen LogP contribution is -2.31. The monoisotopic (exact) mass is 556 g/mol. The molecule has 9 nitrogen and oxygen atoms in total. The minimum Gasteiger partial charge on any atom is -0.496 e. The quantitative estimate of drug-likeness (QED) is 0.108. The first-order valence-corrected chi connectivity index (χ1v) is 13.6. The van der Waals surface area contributed by atoms with E-state index >= 15 is 0 Å². The van der Waals surface area contributed by atoms with Crippen LogP contribution in [0.25, 0.3) is 5.69 Å². The number of anilines is 1. The number of para-hydroxylation sites is 1. The maximum atomic E-state index is 12.0. The van der Waals surface area contributed by atoms with Gasteiger partial charge >= 0.3 is 0 Å². The molecule has 0 radical (unpaired) electrons. The van der Waals surface area contributed by atoms with Gasteiger partial charge in [0.25, 0.3) is 5.69 Å². The van der Waals surface area contributed by atoms with Gasteiger partial charge in [-0.05, 0) is 80.5 Å². The molecule has 0 amide bonds. The van der Waals surface area contributed by atoms with Crippen LogP contribution in [0.4, 0.5) is 11.4 Å². The first-order chi connectivity index (χ1) is 19.4. The Morgan fingerprint density at radius 1 is 1.10 bits per heavy atom. The molecular weight excluding hydrogens is 524 g/mol. The normalized spacial score (nSPS) is 16.6. The molecule has 1 fully saturated rings.